The number of hydrogen-bond acceptors (Lipinski definition) is 4. The summed E-state index contributed by atoms with van der Waals surface area (Å²) in [6.45, 7) is 0. The molecule has 0 fully saturated rings. The Morgan fingerprint density at radius 3 is 2.48 bits per heavy atom. The predicted octanol–water partition coefficient (Wildman–Crippen LogP) is 2.03. The SMILES string of the molecule is O=C(O)c1cc(S(=O)(=O)Nc2cccc(F)c2)ccc1O. The van der Waals surface area contributed by atoms with Gasteiger partial charge >= 0.3 is 5.97 Å². The van der Waals surface area contributed by atoms with E-state index in [9.17, 15) is 22.7 Å². The van der Waals surface area contributed by atoms with Crippen LogP contribution in [0.3, 0.4) is 0 Å². The van der Waals surface area contributed by atoms with Crippen LogP contribution >= 0.6 is 0 Å². The van der Waals surface area contributed by atoms with Crippen molar-refractivity contribution in [2.75, 3.05) is 4.72 Å². The van der Waals surface area contributed by atoms with Crippen LogP contribution in [-0.2, 0) is 10.0 Å². The molecule has 0 aliphatic carbocycles. The van der Waals surface area contributed by atoms with E-state index >= 15 is 0 Å². The monoisotopic (exact) mass is 311 g/mol. The van der Waals surface area contributed by atoms with Crippen LogP contribution in [0.1, 0.15) is 10.4 Å². The Hall–Kier alpha value is -2.61. The number of carbonyl (C=O) groups is 1. The normalized spacial score (nSPS) is 11.1. The van der Waals surface area contributed by atoms with Gasteiger partial charge in [0.15, 0.2) is 0 Å². The molecule has 6 nitrogen and oxygen atoms in total. The Balaban J connectivity index is 2.40. The number of anilines is 1. The minimum atomic E-state index is -4.09. The molecule has 0 amide bonds. The molecule has 0 bridgehead atoms. The molecule has 0 atom stereocenters. The summed E-state index contributed by atoms with van der Waals surface area (Å²) in [5.41, 5.74) is -0.544. The van der Waals surface area contributed by atoms with Crippen LogP contribution in [0.15, 0.2) is 47.4 Å². The standard InChI is InChI=1S/C13H10FNO5S/c14-8-2-1-3-9(6-8)15-21(19,20)10-4-5-12(16)11(7-10)13(17)18/h1-7,15-16H,(H,17,18). The zero-order chi connectivity index (χ0) is 15.6. The number of nitrogens with one attached hydrogen (secondary N) is 1. The lowest BCUT2D eigenvalue weighted by atomic mass is 10.2. The fraction of sp³-hybridized carbons (Fsp3) is 0. The lowest BCUT2D eigenvalue weighted by Crippen LogP contribution is -2.14. The number of carboxylic acids is 1. The van der Waals surface area contributed by atoms with Crippen molar-refractivity contribution in [3.63, 3.8) is 0 Å². The summed E-state index contributed by atoms with van der Waals surface area (Å²) in [4.78, 5) is 10.5. The summed E-state index contributed by atoms with van der Waals surface area (Å²) < 4.78 is 39.3. The topological polar surface area (TPSA) is 104 Å². The maximum atomic E-state index is 13.0. The highest BCUT2D eigenvalue weighted by Crippen LogP contribution is 2.23. The van der Waals surface area contributed by atoms with Crippen LogP contribution in [0.25, 0.3) is 0 Å². The molecule has 110 valence electrons. The van der Waals surface area contributed by atoms with Gasteiger partial charge in [0.1, 0.15) is 17.1 Å². The van der Waals surface area contributed by atoms with Crippen LogP contribution < -0.4 is 4.72 Å². The molecule has 0 aliphatic heterocycles. The van der Waals surface area contributed by atoms with Gasteiger partial charge in [-0.2, -0.15) is 0 Å². The van der Waals surface area contributed by atoms with Gasteiger partial charge in [-0.3, -0.25) is 4.72 Å². The summed E-state index contributed by atoms with van der Waals surface area (Å²) in [7, 11) is -4.09. The fourth-order valence-electron chi connectivity index (χ4n) is 1.62. The minimum absolute atomic E-state index is 0.0000463. The summed E-state index contributed by atoms with van der Waals surface area (Å²) in [5.74, 6) is -2.63. The molecule has 21 heavy (non-hydrogen) atoms. The van der Waals surface area contributed by atoms with Crippen molar-refractivity contribution in [2.45, 2.75) is 4.90 Å². The predicted molar refractivity (Wildman–Crippen MR) is 72.3 cm³/mol. The van der Waals surface area contributed by atoms with Gasteiger partial charge in [0.2, 0.25) is 0 Å². The minimum Gasteiger partial charge on any atom is -0.507 e. The molecule has 3 N–H and O–H groups in total. The molecular weight excluding hydrogens is 301 g/mol. The lowest BCUT2D eigenvalue weighted by molar-refractivity contribution is 0.0693. The van der Waals surface area contributed by atoms with E-state index in [1.54, 1.807) is 0 Å². The molecule has 0 unspecified atom stereocenters. The van der Waals surface area contributed by atoms with E-state index in [0.29, 0.717) is 0 Å². The molecule has 0 saturated heterocycles. The van der Waals surface area contributed by atoms with Crippen LogP contribution in [0, 0.1) is 5.82 Å². The second kappa shape index (κ2) is 5.41. The van der Waals surface area contributed by atoms with E-state index in [1.807, 2.05) is 0 Å². The van der Waals surface area contributed by atoms with Gasteiger partial charge in [-0.15, -0.1) is 0 Å². The first-order valence-electron chi connectivity index (χ1n) is 5.64. The molecule has 0 aromatic heterocycles. The largest absolute Gasteiger partial charge is 0.507 e. The Kier molecular flexibility index (Phi) is 3.81. The molecule has 0 saturated carbocycles. The third-order valence-electron chi connectivity index (χ3n) is 2.59. The second-order valence-electron chi connectivity index (χ2n) is 4.10. The van der Waals surface area contributed by atoms with Crippen molar-refractivity contribution in [3.8, 4) is 5.75 Å². The number of hydrogen-bond donors (Lipinski definition) is 3. The van der Waals surface area contributed by atoms with Crippen molar-refractivity contribution < 1.29 is 27.8 Å². The Morgan fingerprint density at radius 2 is 1.86 bits per heavy atom. The second-order valence-corrected chi connectivity index (χ2v) is 5.78. The van der Waals surface area contributed by atoms with Crippen LogP contribution in [-0.4, -0.2) is 24.6 Å². The van der Waals surface area contributed by atoms with Gasteiger partial charge < -0.3 is 10.2 Å². The van der Waals surface area contributed by atoms with Gasteiger partial charge in [-0.25, -0.2) is 17.6 Å². The molecule has 0 aliphatic rings. The van der Waals surface area contributed by atoms with Crippen LogP contribution in [0.2, 0.25) is 0 Å². The van der Waals surface area contributed by atoms with Crippen molar-refractivity contribution in [1.82, 2.24) is 0 Å². The highest BCUT2D eigenvalue weighted by Gasteiger charge is 2.19. The number of rotatable bonds is 4. The highest BCUT2D eigenvalue weighted by atomic mass is 32.2. The van der Waals surface area contributed by atoms with E-state index in [1.165, 1.54) is 12.1 Å². The Morgan fingerprint density at radius 1 is 1.14 bits per heavy atom. The molecule has 2 rings (SSSR count). The van der Waals surface area contributed by atoms with E-state index in [-0.39, 0.29) is 10.6 Å². The maximum absolute atomic E-state index is 13.0. The highest BCUT2D eigenvalue weighted by molar-refractivity contribution is 7.92. The zero-order valence-electron chi connectivity index (χ0n) is 10.4. The van der Waals surface area contributed by atoms with Crippen molar-refractivity contribution >= 4 is 21.7 Å². The first-order chi connectivity index (χ1) is 9.79. The Labute approximate surface area is 119 Å². The number of aromatic hydroxyl groups is 1. The molecule has 0 heterocycles. The third-order valence-corrected chi connectivity index (χ3v) is 3.96. The number of halogens is 1. The van der Waals surface area contributed by atoms with Gasteiger partial charge in [-0.05, 0) is 36.4 Å². The Bertz CT molecular complexity index is 804. The maximum Gasteiger partial charge on any atom is 0.339 e. The fourth-order valence-corrected chi connectivity index (χ4v) is 2.69. The molecule has 8 heteroatoms. The summed E-state index contributed by atoms with van der Waals surface area (Å²) >= 11 is 0. The van der Waals surface area contributed by atoms with E-state index < -0.39 is 33.1 Å². The molecule has 0 spiro atoms. The summed E-state index contributed by atoms with van der Waals surface area (Å²) in [5, 5.41) is 18.2. The first-order valence-corrected chi connectivity index (χ1v) is 7.12. The lowest BCUT2D eigenvalue weighted by Gasteiger charge is -2.09. The van der Waals surface area contributed by atoms with Gasteiger partial charge in [0, 0.05) is 0 Å². The zero-order valence-corrected chi connectivity index (χ0v) is 11.3. The van der Waals surface area contributed by atoms with Gasteiger partial charge in [0.05, 0.1) is 10.6 Å². The van der Waals surface area contributed by atoms with E-state index in [2.05, 4.69) is 4.72 Å². The van der Waals surface area contributed by atoms with Crippen molar-refractivity contribution in [3.05, 3.63) is 53.8 Å². The summed E-state index contributed by atoms with van der Waals surface area (Å²) in [6.07, 6.45) is 0. The number of aromatic carboxylic acids is 1. The van der Waals surface area contributed by atoms with Crippen LogP contribution in [0.4, 0.5) is 10.1 Å². The molecule has 0 radical (unpaired) electrons. The first kappa shape index (κ1) is 14.8. The number of carboxylic acid groups (broad SMARTS) is 1. The van der Waals surface area contributed by atoms with Gasteiger partial charge in [0.25, 0.3) is 10.0 Å². The summed E-state index contributed by atoms with van der Waals surface area (Å²) in [6, 6.07) is 7.63. The molecular formula is C13H10FNO5S. The average molecular weight is 311 g/mol. The number of phenols is 1. The van der Waals surface area contributed by atoms with Gasteiger partial charge in [-0.1, -0.05) is 6.07 Å². The van der Waals surface area contributed by atoms with E-state index in [4.69, 9.17) is 5.11 Å². The quantitative estimate of drug-likeness (QED) is 0.801. The van der Waals surface area contributed by atoms with Crippen LogP contribution in [0.5, 0.6) is 5.75 Å². The molecule has 2 aromatic carbocycles. The average Bonchev–Trinajstić information content (AvgIpc) is 2.38. The number of benzene rings is 2. The van der Waals surface area contributed by atoms with Crippen molar-refractivity contribution in [1.29, 1.82) is 0 Å². The van der Waals surface area contributed by atoms with E-state index in [0.717, 1.165) is 30.3 Å². The van der Waals surface area contributed by atoms with Crippen molar-refractivity contribution in [2.24, 2.45) is 0 Å². The molecule has 2 aromatic rings. The number of sulfonamides is 1. The smallest absolute Gasteiger partial charge is 0.339 e. The third kappa shape index (κ3) is 3.29.